The van der Waals surface area contributed by atoms with E-state index in [9.17, 15) is 9.59 Å². The van der Waals surface area contributed by atoms with Crippen LogP contribution in [0.2, 0.25) is 0 Å². The van der Waals surface area contributed by atoms with Crippen LogP contribution in [-0.4, -0.2) is 46.3 Å². The molecular weight excluding hydrogens is 248 g/mol. The normalized spacial score (nSPS) is 14.3. The number of likely N-dealkylation sites (N-methyl/N-ethyl adjacent to an activating group) is 1. The number of carbonyl (C=O) groups excluding carboxylic acids is 2. The molecular formula is C12H18N4O3. The Labute approximate surface area is 111 Å². The smallest absolute Gasteiger partial charge is 0.359 e. The van der Waals surface area contributed by atoms with Gasteiger partial charge in [0, 0.05) is 20.1 Å². The molecule has 1 aliphatic rings. The van der Waals surface area contributed by atoms with Gasteiger partial charge >= 0.3 is 5.97 Å². The molecule has 7 nitrogen and oxygen atoms in total. The van der Waals surface area contributed by atoms with E-state index >= 15 is 0 Å². The second kappa shape index (κ2) is 4.91. The zero-order valence-corrected chi connectivity index (χ0v) is 11.3. The van der Waals surface area contributed by atoms with Crippen LogP contribution in [0.25, 0.3) is 0 Å². The van der Waals surface area contributed by atoms with Crippen LogP contribution in [0.15, 0.2) is 0 Å². The summed E-state index contributed by atoms with van der Waals surface area (Å²) in [6.45, 7) is 1.44. The molecule has 0 spiro atoms. The molecule has 1 heterocycles. The van der Waals surface area contributed by atoms with Crippen LogP contribution in [0.1, 0.15) is 29.0 Å². The third-order valence-electron chi connectivity index (χ3n) is 3.28. The van der Waals surface area contributed by atoms with Crippen molar-refractivity contribution in [2.75, 3.05) is 19.4 Å². The molecule has 1 aliphatic carbocycles. The molecule has 0 unspecified atom stereocenters. The van der Waals surface area contributed by atoms with Crippen molar-refractivity contribution in [1.29, 1.82) is 0 Å². The molecule has 1 fully saturated rings. The number of nitrogens with two attached hydrogens (primary N) is 1. The Kier molecular flexibility index (Phi) is 3.46. The quantitative estimate of drug-likeness (QED) is 0.780. The third kappa shape index (κ3) is 2.69. The largest absolute Gasteiger partial charge is 0.451 e. The van der Waals surface area contributed by atoms with E-state index in [2.05, 4.69) is 5.10 Å². The van der Waals surface area contributed by atoms with Crippen LogP contribution in [0, 0.1) is 6.92 Å². The lowest BCUT2D eigenvalue weighted by molar-refractivity contribution is -0.133. The van der Waals surface area contributed by atoms with Crippen LogP contribution >= 0.6 is 0 Å². The van der Waals surface area contributed by atoms with E-state index in [0.29, 0.717) is 11.7 Å². The minimum Gasteiger partial charge on any atom is -0.451 e. The highest BCUT2D eigenvalue weighted by molar-refractivity contribution is 5.95. The Morgan fingerprint density at radius 3 is 2.63 bits per heavy atom. The van der Waals surface area contributed by atoms with E-state index in [1.807, 2.05) is 0 Å². The number of amides is 1. The zero-order chi connectivity index (χ0) is 14.2. The maximum absolute atomic E-state index is 11.9. The van der Waals surface area contributed by atoms with Crippen molar-refractivity contribution in [3.63, 3.8) is 0 Å². The molecule has 1 aromatic rings. The van der Waals surface area contributed by atoms with Crippen LogP contribution in [-0.2, 0) is 16.6 Å². The molecule has 0 aromatic carbocycles. The Hall–Kier alpha value is -2.05. The van der Waals surface area contributed by atoms with Gasteiger partial charge in [-0.25, -0.2) is 4.79 Å². The average Bonchev–Trinajstić information content (AvgIpc) is 3.15. The van der Waals surface area contributed by atoms with Crippen LogP contribution < -0.4 is 5.73 Å². The summed E-state index contributed by atoms with van der Waals surface area (Å²) in [7, 11) is 3.33. The minimum absolute atomic E-state index is 0.180. The zero-order valence-electron chi connectivity index (χ0n) is 11.3. The lowest BCUT2D eigenvalue weighted by Gasteiger charge is -2.15. The summed E-state index contributed by atoms with van der Waals surface area (Å²) in [6.07, 6.45) is 2.04. The van der Waals surface area contributed by atoms with Gasteiger partial charge in [-0.1, -0.05) is 0 Å². The molecule has 2 N–H and O–H groups in total. The van der Waals surface area contributed by atoms with Crippen LogP contribution in [0.3, 0.4) is 0 Å². The van der Waals surface area contributed by atoms with E-state index in [1.54, 1.807) is 25.9 Å². The summed E-state index contributed by atoms with van der Waals surface area (Å²) in [4.78, 5) is 25.2. The van der Waals surface area contributed by atoms with Crippen molar-refractivity contribution in [3.8, 4) is 0 Å². The molecule has 19 heavy (non-hydrogen) atoms. The predicted octanol–water partition coefficient (Wildman–Crippen LogP) is 0.0883. The van der Waals surface area contributed by atoms with E-state index in [1.165, 1.54) is 4.68 Å². The molecule has 0 saturated heterocycles. The summed E-state index contributed by atoms with van der Waals surface area (Å²) in [5.41, 5.74) is 6.78. The average molecular weight is 266 g/mol. The topological polar surface area (TPSA) is 90.5 Å². The number of hydrogen-bond donors (Lipinski definition) is 1. The highest BCUT2D eigenvalue weighted by Gasteiger charge is 2.30. The molecule has 1 amide bonds. The Morgan fingerprint density at radius 1 is 1.53 bits per heavy atom. The standard InChI is InChI=1S/C12H18N4O3/c1-7-10(13)11(16(3)14-7)12(18)19-6-9(17)15(2)8-4-5-8/h8H,4-6,13H2,1-3H3. The Balaban J connectivity index is 1.95. The molecule has 1 aromatic heterocycles. The molecule has 0 radical (unpaired) electrons. The number of anilines is 1. The van der Waals surface area contributed by atoms with Gasteiger partial charge in [-0.3, -0.25) is 9.48 Å². The number of nitrogens with zero attached hydrogens (tertiary/aromatic N) is 3. The second-order valence-electron chi connectivity index (χ2n) is 4.78. The lowest BCUT2D eigenvalue weighted by Crippen LogP contribution is -2.33. The van der Waals surface area contributed by atoms with Crippen molar-refractivity contribution in [3.05, 3.63) is 11.4 Å². The number of ether oxygens (including phenoxy) is 1. The first-order valence-corrected chi connectivity index (χ1v) is 6.13. The lowest BCUT2D eigenvalue weighted by atomic mass is 10.3. The number of nitrogen functional groups attached to an aromatic ring is 1. The van der Waals surface area contributed by atoms with Gasteiger partial charge in [-0.05, 0) is 19.8 Å². The Bertz CT molecular complexity index is 519. The summed E-state index contributed by atoms with van der Waals surface area (Å²) in [5.74, 6) is -0.827. The van der Waals surface area contributed by atoms with Gasteiger partial charge in [-0.15, -0.1) is 0 Å². The number of aryl methyl sites for hydroxylation is 2. The van der Waals surface area contributed by atoms with E-state index < -0.39 is 5.97 Å². The van der Waals surface area contributed by atoms with E-state index in [-0.39, 0.29) is 23.9 Å². The van der Waals surface area contributed by atoms with E-state index in [0.717, 1.165) is 12.8 Å². The summed E-state index contributed by atoms with van der Waals surface area (Å²) in [6, 6.07) is 0.301. The van der Waals surface area contributed by atoms with Crippen molar-refractivity contribution < 1.29 is 14.3 Å². The first kappa shape index (κ1) is 13.4. The SMILES string of the molecule is Cc1nn(C)c(C(=O)OCC(=O)N(C)C2CC2)c1N. The summed E-state index contributed by atoms with van der Waals surface area (Å²) < 4.78 is 6.36. The van der Waals surface area contributed by atoms with Gasteiger partial charge in [-0.2, -0.15) is 5.10 Å². The first-order chi connectivity index (χ1) is 8.91. The molecule has 0 atom stereocenters. The number of hydrogen-bond acceptors (Lipinski definition) is 5. The second-order valence-corrected chi connectivity index (χ2v) is 4.78. The van der Waals surface area contributed by atoms with Gasteiger partial charge < -0.3 is 15.4 Å². The first-order valence-electron chi connectivity index (χ1n) is 6.13. The van der Waals surface area contributed by atoms with Crippen LogP contribution in [0.4, 0.5) is 5.69 Å². The van der Waals surface area contributed by atoms with Crippen molar-refractivity contribution in [2.24, 2.45) is 7.05 Å². The molecule has 1 saturated carbocycles. The highest BCUT2D eigenvalue weighted by Crippen LogP contribution is 2.25. The fourth-order valence-electron chi connectivity index (χ4n) is 1.88. The van der Waals surface area contributed by atoms with Gasteiger partial charge in [0.25, 0.3) is 5.91 Å². The molecule has 0 bridgehead atoms. The number of aromatic nitrogens is 2. The molecule has 2 rings (SSSR count). The van der Waals surface area contributed by atoms with Gasteiger partial charge in [0.2, 0.25) is 0 Å². The van der Waals surface area contributed by atoms with E-state index in [4.69, 9.17) is 10.5 Å². The number of esters is 1. The van der Waals surface area contributed by atoms with Crippen LogP contribution in [0.5, 0.6) is 0 Å². The number of rotatable bonds is 4. The van der Waals surface area contributed by atoms with Gasteiger partial charge in [0.1, 0.15) is 0 Å². The third-order valence-corrected chi connectivity index (χ3v) is 3.28. The maximum Gasteiger partial charge on any atom is 0.359 e. The molecule has 104 valence electrons. The number of carbonyl (C=O) groups is 2. The Morgan fingerprint density at radius 2 is 2.16 bits per heavy atom. The maximum atomic E-state index is 11.9. The monoisotopic (exact) mass is 266 g/mol. The highest BCUT2D eigenvalue weighted by atomic mass is 16.5. The summed E-state index contributed by atoms with van der Waals surface area (Å²) >= 11 is 0. The van der Waals surface area contributed by atoms with Crippen molar-refractivity contribution in [1.82, 2.24) is 14.7 Å². The van der Waals surface area contributed by atoms with Crippen molar-refractivity contribution in [2.45, 2.75) is 25.8 Å². The van der Waals surface area contributed by atoms with Crippen molar-refractivity contribution >= 4 is 17.6 Å². The fourth-order valence-corrected chi connectivity index (χ4v) is 1.88. The molecule has 0 aliphatic heterocycles. The fraction of sp³-hybridized carbons (Fsp3) is 0.583. The summed E-state index contributed by atoms with van der Waals surface area (Å²) in [5, 5.41) is 4.03. The van der Waals surface area contributed by atoms with Gasteiger partial charge in [0.05, 0.1) is 11.4 Å². The molecule has 7 heteroatoms. The van der Waals surface area contributed by atoms with Gasteiger partial charge in [0.15, 0.2) is 12.3 Å². The minimum atomic E-state index is -0.627. The predicted molar refractivity (Wildman–Crippen MR) is 68.4 cm³/mol.